The largest absolute Gasteiger partial charge is 0.426 e. The molecule has 12 heteroatoms. The van der Waals surface area contributed by atoms with Crippen molar-refractivity contribution < 1.29 is 13.2 Å². The molecule has 4 rings (SSSR count). The number of benzene rings is 1. The first-order valence-corrected chi connectivity index (χ1v) is 11.2. The molecule has 0 amide bonds. The second-order valence-corrected chi connectivity index (χ2v) is 8.64. The van der Waals surface area contributed by atoms with Crippen LogP contribution in [-0.2, 0) is 20.1 Å². The first kappa shape index (κ1) is 24.1. The van der Waals surface area contributed by atoms with E-state index in [0.29, 0.717) is 31.5 Å². The molecule has 2 aromatic heterocycles. The molecule has 0 saturated carbocycles. The number of fused-ring (bicyclic) bond motifs is 1. The number of imidazole rings is 1. The smallest absolute Gasteiger partial charge is 0.351 e. The maximum atomic E-state index is 13.3. The van der Waals surface area contributed by atoms with Gasteiger partial charge >= 0.3 is 6.18 Å². The Morgan fingerprint density at radius 3 is 2.71 bits per heavy atom. The van der Waals surface area contributed by atoms with Gasteiger partial charge in [-0.3, -0.25) is 9.36 Å². The normalized spacial score (nSPS) is 17.4. The molecule has 1 atom stereocenters. The third-order valence-corrected chi connectivity index (χ3v) is 6.09. The van der Waals surface area contributed by atoms with Crippen LogP contribution in [0.2, 0.25) is 0 Å². The van der Waals surface area contributed by atoms with Crippen LogP contribution >= 0.6 is 11.6 Å². The van der Waals surface area contributed by atoms with E-state index in [9.17, 15) is 18.0 Å². The highest BCUT2D eigenvalue weighted by Crippen LogP contribution is 2.30. The van der Waals surface area contributed by atoms with E-state index in [2.05, 4.69) is 15.3 Å². The van der Waals surface area contributed by atoms with Crippen LogP contribution in [0.15, 0.2) is 46.2 Å². The van der Waals surface area contributed by atoms with Crippen molar-refractivity contribution in [2.24, 2.45) is 12.8 Å². The first-order valence-electron chi connectivity index (χ1n) is 10.8. The van der Waals surface area contributed by atoms with E-state index < -0.39 is 16.8 Å². The number of hydrogen-bond donors (Lipinski definition) is 2. The molecule has 3 aromatic rings. The van der Waals surface area contributed by atoms with Crippen LogP contribution in [0.4, 0.5) is 25.1 Å². The Balaban J connectivity index is 1.77. The maximum absolute atomic E-state index is 13.3. The number of nitrogens with one attached hydrogen (secondary N) is 1. The highest BCUT2D eigenvalue weighted by atomic mass is 35.5. The van der Waals surface area contributed by atoms with Gasteiger partial charge in [0.05, 0.1) is 0 Å². The van der Waals surface area contributed by atoms with Gasteiger partial charge in [0.15, 0.2) is 11.2 Å². The molecule has 34 heavy (non-hydrogen) atoms. The quantitative estimate of drug-likeness (QED) is 0.544. The summed E-state index contributed by atoms with van der Waals surface area (Å²) in [5.74, 6) is 0.648. The summed E-state index contributed by atoms with van der Waals surface area (Å²) >= 11 is 5.44. The number of nitrogens with two attached hydrogens (primary N) is 1. The molecule has 1 fully saturated rings. The van der Waals surface area contributed by atoms with Gasteiger partial charge in [0.2, 0.25) is 11.9 Å². The summed E-state index contributed by atoms with van der Waals surface area (Å²) in [6.45, 7) is 1.24. The van der Waals surface area contributed by atoms with E-state index in [4.69, 9.17) is 17.3 Å². The van der Waals surface area contributed by atoms with Crippen LogP contribution in [0.5, 0.6) is 0 Å². The molecule has 0 bridgehead atoms. The average Bonchev–Trinajstić information content (AvgIpc) is 3.17. The maximum Gasteiger partial charge on any atom is 0.426 e. The fraction of sp³-hybridized carbons (Fsp3) is 0.409. The average molecular weight is 496 g/mol. The topological polar surface area (TPSA) is 94.0 Å². The van der Waals surface area contributed by atoms with Gasteiger partial charge in [-0.15, -0.1) is 0 Å². The van der Waals surface area contributed by atoms with Gasteiger partial charge in [-0.25, -0.2) is 0 Å². The summed E-state index contributed by atoms with van der Waals surface area (Å²) in [5, 5.41) is 1.87. The first-order chi connectivity index (χ1) is 16.1. The molecule has 1 saturated heterocycles. The summed E-state index contributed by atoms with van der Waals surface area (Å²) in [5.41, 5.74) is 6.92. The van der Waals surface area contributed by atoms with E-state index in [0.717, 1.165) is 24.5 Å². The number of alkyl halides is 3. The van der Waals surface area contributed by atoms with Gasteiger partial charge in [-0.05, 0) is 24.5 Å². The van der Waals surface area contributed by atoms with Crippen molar-refractivity contribution in [3.05, 3.63) is 57.4 Å². The van der Waals surface area contributed by atoms with Crippen molar-refractivity contribution in [2.45, 2.75) is 38.1 Å². The van der Waals surface area contributed by atoms with Gasteiger partial charge in [-0.2, -0.15) is 23.1 Å². The molecular weight excluding hydrogens is 471 g/mol. The van der Waals surface area contributed by atoms with Crippen LogP contribution in [0.3, 0.4) is 0 Å². The molecule has 1 unspecified atom stereocenters. The summed E-state index contributed by atoms with van der Waals surface area (Å²) in [7, 11) is 1.55. The van der Waals surface area contributed by atoms with Gasteiger partial charge in [0.25, 0.3) is 5.56 Å². The Kier molecular flexibility index (Phi) is 6.85. The van der Waals surface area contributed by atoms with E-state index in [1.807, 2.05) is 35.2 Å². The standard InChI is InChI=1S/C22H25ClF3N7O/c1-31-19(34)17-18(29-20(31)28-12-14-6-3-2-4-7-14)30-21(32-10-5-8-15(27)13-32)33(17)11-9-16(23)22(24,25)26/h2-4,6-7,9,15H,5,8,10-13,27H2,1H3,(H,28,29). The number of aromatic nitrogens is 4. The highest BCUT2D eigenvalue weighted by molar-refractivity contribution is 6.30. The molecular formula is C22H25ClF3N7O. The lowest BCUT2D eigenvalue weighted by molar-refractivity contribution is -0.0847. The van der Waals surface area contributed by atoms with Crippen LogP contribution in [0, 0.1) is 0 Å². The fourth-order valence-electron chi connectivity index (χ4n) is 3.98. The van der Waals surface area contributed by atoms with E-state index >= 15 is 0 Å². The number of anilines is 2. The molecule has 1 aliphatic rings. The molecule has 0 aliphatic carbocycles. The lowest BCUT2D eigenvalue weighted by Crippen LogP contribution is -2.44. The summed E-state index contributed by atoms with van der Waals surface area (Å²) in [6, 6.07) is 9.49. The monoisotopic (exact) mass is 495 g/mol. The minimum atomic E-state index is -4.68. The molecule has 3 N–H and O–H groups in total. The number of halogens is 4. The van der Waals surface area contributed by atoms with Crippen molar-refractivity contribution in [1.29, 1.82) is 0 Å². The minimum Gasteiger partial charge on any atom is -0.351 e. The predicted molar refractivity (Wildman–Crippen MR) is 126 cm³/mol. The third kappa shape index (κ3) is 5.05. The molecule has 8 nitrogen and oxygen atoms in total. The Morgan fingerprint density at radius 2 is 2.03 bits per heavy atom. The molecule has 3 heterocycles. The van der Waals surface area contributed by atoms with Crippen molar-refractivity contribution in [2.75, 3.05) is 23.3 Å². The van der Waals surface area contributed by atoms with E-state index in [1.165, 1.54) is 9.13 Å². The molecule has 1 aliphatic heterocycles. The highest BCUT2D eigenvalue weighted by Gasteiger charge is 2.32. The Hall–Kier alpha value is -3.05. The minimum absolute atomic E-state index is 0.102. The third-order valence-electron chi connectivity index (χ3n) is 5.72. The Labute approximate surface area is 198 Å². The van der Waals surface area contributed by atoms with Crippen molar-refractivity contribution in [3.8, 4) is 0 Å². The van der Waals surface area contributed by atoms with E-state index in [1.54, 1.807) is 7.05 Å². The van der Waals surface area contributed by atoms with Crippen molar-refractivity contribution >= 4 is 34.7 Å². The lowest BCUT2D eigenvalue weighted by Gasteiger charge is -2.31. The number of nitrogens with zero attached hydrogens (tertiary/aromatic N) is 5. The van der Waals surface area contributed by atoms with Gasteiger partial charge in [0.1, 0.15) is 5.03 Å². The SMILES string of the molecule is Cn1c(NCc2ccccc2)nc2nc(N3CCCC(N)C3)n(CC=C(Cl)C(F)(F)F)c2c1=O. The van der Waals surface area contributed by atoms with Gasteiger partial charge in [-0.1, -0.05) is 41.9 Å². The summed E-state index contributed by atoms with van der Waals surface area (Å²) in [4.78, 5) is 24.2. The van der Waals surface area contributed by atoms with Crippen LogP contribution in [0.1, 0.15) is 18.4 Å². The second kappa shape index (κ2) is 9.67. The molecule has 182 valence electrons. The number of allylic oxidation sites excluding steroid dienone is 2. The molecule has 0 radical (unpaired) electrons. The molecule has 1 aromatic carbocycles. The Morgan fingerprint density at radius 1 is 1.29 bits per heavy atom. The van der Waals surface area contributed by atoms with Crippen LogP contribution in [-0.4, -0.2) is 44.4 Å². The summed E-state index contributed by atoms with van der Waals surface area (Å²) in [6.07, 6.45) is -2.21. The van der Waals surface area contributed by atoms with Gasteiger partial charge in [0, 0.05) is 39.3 Å². The lowest BCUT2D eigenvalue weighted by atomic mass is 10.1. The predicted octanol–water partition coefficient (Wildman–Crippen LogP) is 3.35. The van der Waals surface area contributed by atoms with Crippen molar-refractivity contribution in [3.63, 3.8) is 0 Å². The number of hydrogen-bond acceptors (Lipinski definition) is 6. The zero-order chi connectivity index (χ0) is 24.5. The second-order valence-electron chi connectivity index (χ2n) is 8.23. The van der Waals surface area contributed by atoms with E-state index in [-0.39, 0.29) is 23.8 Å². The Bertz CT molecular complexity index is 1250. The fourth-order valence-corrected chi connectivity index (χ4v) is 4.05. The van der Waals surface area contributed by atoms with Crippen LogP contribution in [0.25, 0.3) is 11.2 Å². The number of rotatable bonds is 6. The summed E-state index contributed by atoms with van der Waals surface area (Å²) < 4.78 is 41.7. The molecule has 0 spiro atoms. The van der Waals surface area contributed by atoms with Crippen LogP contribution < -0.4 is 21.5 Å². The zero-order valence-corrected chi connectivity index (χ0v) is 19.3. The van der Waals surface area contributed by atoms with Crippen molar-refractivity contribution in [1.82, 2.24) is 19.1 Å². The van der Waals surface area contributed by atoms with Gasteiger partial charge < -0.3 is 20.5 Å². The number of piperidine rings is 1. The zero-order valence-electron chi connectivity index (χ0n) is 18.5.